The second kappa shape index (κ2) is 6.92. The van der Waals surface area contributed by atoms with Crippen molar-refractivity contribution in [1.82, 2.24) is 9.47 Å². The quantitative estimate of drug-likeness (QED) is 0.675. The van der Waals surface area contributed by atoms with E-state index in [0.29, 0.717) is 24.6 Å². The molecule has 5 rings (SSSR count). The van der Waals surface area contributed by atoms with Crippen molar-refractivity contribution in [2.45, 2.75) is 12.8 Å². The molecule has 3 aromatic rings. The molecular weight excluding hydrogens is 362 g/mol. The number of anilines is 1. The lowest BCUT2D eigenvalue weighted by atomic mass is 9.83. The van der Waals surface area contributed by atoms with Crippen LogP contribution in [0.4, 0.5) is 5.69 Å². The molecule has 1 aromatic heterocycles. The number of fused-ring (bicyclic) bond motifs is 3. The largest absolute Gasteiger partial charge is 0.342 e. The molecule has 2 aromatic carbocycles. The van der Waals surface area contributed by atoms with E-state index in [2.05, 4.69) is 6.07 Å². The molecule has 2 unspecified atom stereocenters. The number of rotatable bonds is 2. The number of hydrogen-bond acceptors (Lipinski definition) is 2. The van der Waals surface area contributed by atoms with Gasteiger partial charge in [0.05, 0.1) is 11.3 Å². The van der Waals surface area contributed by atoms with Gasteiger partial charge in [0.2, 0.25) is 5.91 Å². The van der Waals surface area contributed by atoms with Gasteiger partial charge in [-0.05, 0) is 35.9 Å². The van der Waals surface area contributed by atoms with E-state index in [4.69, 9.17) is 0 Å². The summed E-state index contributed by atoms with van der Waals surface area (Å²) in [6.45, 7) is 3.69. The molecule has 2 amide bonds. The summed E-state index contributed by atoms with van der Waals surface area (Å²) in [5, 5.41) is 0. The minimum Gasteiger partial charge on any atom is -0.342 e. The van der Waals surface area contributed by atoms with E-state index in [-0.39, 0.29) is 17.7 Å². The lowest BCUT2D eigenvalue weighted by Crippen LogP contribution is -2.42. The highest BCUT2D eigenvalue weighted by Gasteiger charge is 2.42. The first-order chi connectivity index (χ1) is 14.1. The van der Waals surface area contributed by atoms with Crippen LogP contribution in [0.2, 0.25) is 0 Å². The van der Waals surface area contributed by atoms with Crippen LogP contribution in [0.3, 0.4) is 0 Å². The van der Waals surface area contributed by atoms with Gasteiger partial charge >= 0.3 is 0 Å². The predicted molar refractivity (Wildman–Crippen MR) is 112 cm³/mol. The van der Waals surface area contributed by atoms with Gasteiger partial charge in [0, 0.05) is 56.5 Å². The molecule has 1 fully saturated rings. The topological polar surface area (TPSA) is 45.6 Å². The van der Waals surface area contributed by atoms with E-state index in [1.165, 1.54) is 5.56 Å². The third-order valence-electron chi connectivity index (χ3n) is 6.19. The molecule has 3 heterocycles. The van der Waals surface area contributed by atoms with Crippen LogP contribution in [0.1, 0.15) is 28.8 Å². The molecule has 5 heteroatoms. The Kier molecular flexibility index (Phi) is 4.23. The van der Waals surface area contributed by atoms with Gasteiger partial charge in [0.25, 0.3) is 5.91 Å². The molecule has 1 saturated heterocycles. The van der Waals surface area contributed by atoms with E-state index >= 15 is 0 Å². The van der Waals surface area contributed by atoms with Gasteiger partial charge in [-0.15, -0.1) is 0 Å². The minimum absolute atomic E-state index is 0.00137. The average molecular weight is 385 g/mol. The van der Waals surface area contributed by atoms with Crippen LogP contribution in [-0.2, 0) is 4.79 Å². The first-order valence-electron chi connectivity index (χ1n) is 10.0. The van der Waals surface area contributed by atoms with Crippen molar-refractivity contribution in [3.8, 4) is 5.69 Å². The Bertz CT molecular complexity index is 1070. The molecule has 2 aliphatic rings. The lowest BCUT2D eigenvalue weighted by molar-refractivity contribution is -0.127. The Morgan fingerprint density at radius 1 is 0.828 bits per heavy atom. The molecule has 0 aliphatic carbocycles. The van der Waals surface area contributed by atoms with Gasteiger partial charge in [-0.1, -0.05) is 30.3 Å². The van der Waals surface area contributed by atoms with Crippen LogP contribution in [-0.4, -0.2) is 40.9 Å². The van der Waals surface area contributed by atoms with E-state index < -0.39 is 0 Å². The predicted octanol–water partition coefficient (Wildman–Crippen LogP) is 3.70. The van der Waals surface area contributed by atoms with E-state index in [0.717, 1.165) is 17.9 Å². The van der Waals surface area contributed by atoms with Crippen molar-refractivity contribution in [2.75, 3.05) is 24.5 Å². The number of aromatic nitrogens is 1. The number of hydrogen-bond donors (Lipinski definition) is 0. The molecule has 0 saturated carbocycles. The maximum absolute atomic E-state index is 13.7. The van der Waals surface area contributed by atoms with Gasteiger partial charge in [0.1, 0.15) is 0 Å². The summed E-state index contributed by atoms with van der Waals surface area (Å²) in [5.41, 5.74) is 3.68. The fraction of sp³-hybridized carbons (Fsp3) is 0.250. The number of amides is 2. The Labute approximate surface area is 170 Å². The molecule has 146 valence electrons. The number of likely N-dealkylation sites (tertiary alicyclic amines) is 1. The summed E-state index contributed by atoms with van der Waals surface area (Å²) in [4.78, 5) is 29.5. The summed E-state index contributed by atoms with van der Waals surface area (Å²) in [5.74, 6) is 0.657. The minimum atomic E-state index is 0.00137. The summed E-state index contributed by atoms with van der Waals surface area (Å²) < 4.78 is 1.97. The van der Waals surface area contributed by atoms with E-state index in [1.807, 2.05) is 81.4 Å². The maximum Gasteiger partial charge on any atom is 0.260 e. The first kappa shape index (κ1) is 17.7. The molecule has 0 N–H and O–H groups in total. The number of benzene rings is 2. The fourth-order valence-corrected chi connectivity index (χ4v) is 4.76. The fourth-order valence-electron chi connectivity index (χ4n) is 4.76. The summed E-state index contributed by atoms with van der Waals surface area (Å²) in [6, 6.07) is 19.8. The second-order valence-corrected chi connectivity index (χ2v) is 7.87. The zero-order valence-electron chi connectivity index (χ0n) is 16.4. The molecule has 2 atom stereocenters. The normalized spacial score (nSPS) is 20.3. The van der Waals surface area contributed by atoms with E-state index in [1.54, 1.807) is 6.92 Å². The number of para-hydroxylation sites is 2. The van der Waals surface area contributed by atoms with Gasteiger partial charge in [0.15, 0.2) is 0 Å². The zero-order chi connectivity index (χ0) is 20.0. The highest BCUT2D eigenvalue weighted by Crippen LogP contribution is 2.43. The van der Waals surface area contributed by atoms with Crippen LogP contribution in [0.25, 0.3) is 5.69 Å². The van der Waals surface area contributed by atoms with Crippen molar-refractivity contribution in [1.29, 1.82) is 0 Å². The van der Waals surface area contributed by atoms with Gasteiger partial charge in [-0.25, -0.2) is 0 Å². The standard InChI is InChI=1S/C24H23N3O2/c1-17(28)26-14-18-15-27(23-11-5-2-8-19(23)21(18)16-26)24(29)20-9-3-4-10-22(20)25-12-6-7-13-25/h2-13,18,21H,14-16H2,1H3. The van der Waals surface area contributed by atoms with Crippen molar-refractivity contribution in [3.05, 3.63) is 84.2 Å². The third-order valence-corrected chi connectivity index (χ3v) is 6.19. The van der Waals surface area contributed by atoms with Gasteiger partial charge in [-0.2, -0.15) is 0 Å². The SMILES string of the molecule is CC(=O)N1CC2CN(C(=O)c3ccccc3-n3cccc3)c3ccccc3C2C1. The molecule has 2 aliphatic heterocycles. The smallest absolute Gasteiger partial charge is 0.260 e. The van der Waals surface area contributed by atoms with Crippen LogP contribution >= 0.6 is 0 Å². The van der Waals surface area contributed by atoms with Crippen molar-refractivity contribution in [3.63, 3.8) is 0 Å². The molecular formula is C24H23N3O2. The van der Waals surface area contributed by atoms with Gasteiger partial charge < -0.3 is 14.4 Å². The maximum atomic E-state index is 13.7. The highest BCUT2D eigenvalue weighted by atomic mass is 16.2. The zero-order valence-corrected chi connectivity index (χ0v) is 16.4. The Morgan fingerprint density at radius 3 is 2.28 bits per heavy atom. The summed E-state index contributed by atoms with van der Waals surface area (Å²) in [7, 11) is 0. The summed E-state index contributed by atoms with van der Waals surface area (Å²) >= 11 is 0. The Hall–Kier alpha value is -3.34. The molecule has 0 bridgehead atoms. The number of carbonyl (C=O) groups excluding carboxylic acids is 2. The van der Waals surface area contributed by atoms with Crippen molar-refractivity contribution >= 4 is 17.5 Å². The molecule has 0 spiro atoms. The van der Waals surface area contributed by atoms with Crippen molar-refractivity contribution in [2.24, 2.45) is 5.92 Å². The van der Waals surface area contributed by atoms with Crippen LogP contribution in [0.5, 0.6) is 0 Å². The third kappa shape index (κ3) is 2.94. The Balaban J connectivity index is 1.55. The van der Waals surface area contributed by atoms with Crippen molar-refractivity contribution < 1.29 is 9.59 Å². The average Bonchev–Trinajstić information content (AvgIpc) is 3.43. The van der Waals surface area contributed by atoms with E-state index in [9.17, 15) is 9.59 Å². The first-order valence-corrected chi connectivity index (χ1v) is 10.0. The molecule has 0 radical (unpaired) electrons. The number of carbonyl (C=O) groups is 2. The monoisotopic (exact) mass is 385 g/mol. The lowest BCUT2D eigenvalue weighted by Gasteiger charge is -2.36. The van der Waals surface area contributed by atoms with Crippen LogP contribution < -0.4 is 4.90 Å². The highest BCUT2D eigenvalue weighted by molar-refractivity contribution is 6.09. The molecule has 29 heavy (non-hydrogen) atoms. The van der Waals surface area contributed by atoms with Crippen LogP contribution in [0, 0.1) is 5.92 Å². The number of nitrogens with zero attached hydrogens (tertiary/aromatic N) is 3. The second-order valence-electron chi connectivity index (χ2n) is 7.87. The molecule has 5 nitrogen and oxygen atoms in total. The van der Waals surface area contributed by atoms with Crippen LogP contribution in [0.15, 0.2) is 73.1 Å². The van der Waals surface area contributed by atoms with Gasteiger partial charge in [-0.3, -0.25) is 9.59 Å². The Morgan fingerprint density at radius 2 is 1.52 bits per heavy atom. The summed E-state index contributed by atoms with van der Waals surface area (Å²) in [6.07, 6.45) is 3.90.